The van der Waals surface area contributed by atoms with Gasteiger partial charge in [0.25, 0.3) is 0 Å². The Morgan fingerprint density at radius 2 is 2.29 bits per heavy atom. The fourth-order valence-corrected chi connectivity index (χ4v) is 5.06. The van der Waals surface area contributed by atoms with Crippen LogP contribution in [0, 0.1) is 24.7 Å². The first-order valence-corrected chi connectivity index (χ1v) is 8.66. The van der Waals surface area contributed by atoms with Gasteiger partial charge >= 0.3 is 0 Å². The lowest BCUT2D eigenvalue weighted by Crippen LogP contribution is -2.20. The van der Waals surface area contributed by atoms with Crippen LogP contribution in [0.5, 0.6) is 0 Å². The monoisotopic (exact) mass is 300 g/mol. The zero-order valence-corrected chi connectivity index (χ0v) is 13.1. The second kappa shape index (κ2) is 5.09. The molecule has 2 aliphatic carbocycles. The molecule has 2 aliphatic rings. The van der Waals surface area contributed by atoms with E-state index < -0.39 is 0 Å². The van der Waals surface area contributed by atoms with Crippen molar-refractivity contribution in [3.63, 3.8) is 0 Å². The molecule has 0 aliphatic heterocycles. The van der Waals surface area contributed by atoms with Gasteiger partial charge in [0.2, 0.25) is 5.91 Å². The molecule has 21 heavy (non-hydrogen) atoms. The molecular formula is C17H20N2OS. The maximum atomic E-state index is 12.3. The van der Waals surface area contributed by atoms with Crippen LogP contribution in [0.25, 0.3) is 10.2 Å². The summed E-state index contributed by atoms with van der Waals surface area (Å²) in [5.41, 5.74) is 1.92. The van der Waals surface area contributed by atoms with Gasteiger partial charge in [-0.05, 0) is 62.1 Å². The quantitative estimate of drug-likeness (QED) is 0.914. The van der Waals surface area contributed by atoms with Gasteiger partial charge in [0.05, 0.1) is 15.2 Å². The SMILES string of the molecule is Cc1nc2ccc(NC(=O)C[C@H]3C[C@H]4CC[C@@H]3C4)cc2s1. The number of rotatable bonds is 3. The van der Waals surface area contributed by atoms with Gasteiger partial charge in [0.1, 0.15) is 0 Å². The van der Waals surface area contributed by atoms with Crippen LogP contribution in [0.4, 0.5) is 5.69 Å². The Morgan fingerprint density at radius 1 is 1.38 bits per heavy atom. The van der Waals surface area contributed by atoms with Crippen molar-refractivity contribution in [2.24, 2.45) is 17.8 Å². The van der Waals surface area contributed by atoms with Crippen molar-refractivity contribution < 1.29 is 4.79 Å². The fraction of sp³-hybridized carbons (Fsp3) is 0.529. The number of hydrogen-bond donors (Lipinski definition) is 1. The third-order valence-electron chi connectivity index (χ3n) is 5.11. The average molecular weight is 300 g/mol. The lowest BCUT2D eigenvalue weighted by atomic mass is 9.86. The summed E-state index contributed by atoms with van der Waals surface area (Å²) >= 11 is 1.67. The minimum absolute atomic E-state index is 0.174. The molecule has 3 nitrogen and oxygen atoms in total. The van der Waals surface area contributed by atoms with E-state index in [-0.39, 0.29) is 5.91 Å². The number of aryl methyl sites for hydroxylation is 1. The van der Waals surface area contributed by atoms with Gasteiger partial charge < -0.3 is 5.32 Å². The smallest absolute Gasteiger partial charge is 0.224 e. The van der Waals surface area contributed by atoms with Crippen LogP contribution in [-0.4, -0.2) is 10.9 Å². The Bertz CT molecular complexity index is 693. The van der Waals surface area contributed by atoms with E-state index in [9.17, 15) is 4.79 Å². The van der Waals surface area contributed by atoms with Crippen LogP contribution < -0.4 is 5.32 Å². The van der Waals surface area contributed by atoms with Crippen molar-refractivity contribution in [2.45, 2.75) is 39.0 Å². The van der Waals surface area contributed by atoms with Crippen LogP contribution in [0.3, 0.4) is 0 Å². The molecule has 0 unspecified atom stereocenters. The van der Waals surface area contributed by atoms with E-state index in [4.69, 9.17) is 0 Å². The molecule has 4 heteroatoms. The molecule has 2 aromatic rings. The summed E-state index contributed by atoms with van der Waals surface area (Å²) in [4.78, 5) is 16.7. The highest BCUT2D eigenvalue weighted by atomic mass is 32.1. The lowest BCUT2D eigenvalue weighted by Gasteiger charge is -2.20. The third kappa shape index (κ3) is 2.57. The van der Waals surface area contributed by atoms with Crippen molar-refractivity contribution >= 4 is 33.1 Å². The zero-order valence-electron chi connectivity index (χ0n) is 12.3. The summed E-state index contributed by atoms with van der Waals surface area (Å²) in [6.45, 7) is 2.01. The summed E-state index contributed by atoms with van der Waals surface area (Å²) in [5, 5.41) is 4.13. The lowest BCUT2D eigenvalue weighted by molar-refractivity contribution is -0.117. The number of aromatic nitrogens is 1. The summed E-state index contributed by atoms with van der Waals surface area (Å²) in [6.07, 6.45) is 6.06. The van der Waals surface area contributed by atoms with Crippen LogP contribution in [-0.2, 0) is 4.79 Å². The largest absolute Gasteiger partial charge is 0.326 e. The molecule has 2 fully saturated rings. The van der Waals surface area contributed by atoms with E-state index in [2.05, 4.69) is 10.3 Å². The van der Waals surface area contributed by atoms with E-state index in [1.54, 1.807) is 11.3 Å². The molecule has 1 N–H and O–H groups in total. The molecule has 2 bridgehead atoms. The van der Waals surface area contributed by atoms with Crippen molar-refractivity contribution in [1.29, 1.82) is 0 Å². The highest BCUT2D eigenvalue weighted by Gasteiger charge is 2.40. The summed E-state index contributed by atoms with van der Waals surface area (Å²) in [7, 11) is 0. The molecule has 110 valence electrons. The molecule has 0 saturated heterocycles. The predicted molar refractivity (Wildman–Crippen MR) is 86.5 cm³/mol. The Hall–Kier alpha value is -1.42. The van der Waals surface area contributed by atoms with Gasteiger partial charge in [-0.15, -0.1) is 11.3 Å². The molecule has 2 saturated carbocycles. The molecular weight excluding hydrogens is 280 g/mol. The molecule has 1 heterocycles. The minimum Gasteiger partial charge on any atom is -0.326 e. The third-order valence-corrected chi connectivity index (χ3v) is 6.04. The Kier molecular flexibility index (Phi) is 3.21. The standard InChI is InChI=1S/C17H20N2OS/c1-10-18-15-5-4-14(9-16(15)21-10)19-17(20)8-13-7-11-2-3-12(13)6-11/h4-5,9,11-13H,2-3,6-8H2,1H3,(H,19,20)/t11-,12+,13+/m0/s1. The van der Waals surface area contributed by atoms with E-state index in [0.717, 1.165) is 32.7 Å². The minimum atomic E-state index is 0.174. The number of fused-ring (bicyclic) bond motifs is 3. The number of hydrogen-bond acceptors (Lipinski definition) is 3. The summed E-state index contributed by atoms with van der Waals surface area (Å²) in [5.74, 6) is 2.52. The number of amides is 1. The van der Waals surface area contributed by atoms with Gasteiger partial charge in [-0.2, -0.15) is 0 Å². The fourth-order valence-electron chi connectivity index (χ4n) is 4.19. The predicted octanol–water partition coefficient (Wildman–Crippen LogP) is 4.37. The van der Waals surface area contributed by atoms with Crippen LogP contribution in [0.15, 0.2) is 18.2 Å². The first kappa shape index (κ1) is 13.3. The Morgan fingerprint density at radius 3 is 3.05 bits per heavy atom. The topological polar surface area (TPSA) is 42.0 Å². The Labute approximate surface area is 128 Å². The van der Waals surface area contributed by atoms with Gasteiger partial charge in [0.15, 0.2) is 0 Å². The number of nitrogens with one attached hydrogen (secondary N) is 1. The van der Waals surface area contributed by atoms with E-state index in [1.165, 1.54) is 25.7 Å². The van der Waals surface area contributed by atoms with Crippen molar-refractivity contribution in [3.05, 3.63) is 23.2 Å². The van der Waals surface area contributed by atoms with Gasteiger partial charge in [-0.1, -0.05) is 6.42 Å². The van der Waals surface area contributed by atoms with Crippen LogP contribution in [0.1, 0.15) is 37.1 Å². The average Bonchev–Trinajstić information content (AvgIpc) is 3.11. The maximum Gasteiger partial charge on any atom is 0.224 e. The molecule has 0 spiro atoms. The number of anilines is 1. The summed E-state index contributed by atoms with van der Waals surface area (Å²) < 4.78 is 1.14. The Balaban J connectivity index is 1.43. The first-order chi connectivity index (χ1) is 10.2. The van der Waals surface area contributed by atoms with Crippen LogP contribution >= 0.6 is 11.3 Å². The van der Waals surface area contributed by atoms with Crippen molar-refractivity contribution in [1.82, 2.24) is 4.98 Å². The molecule has 4 rings (SSSR count). The number of carbonyl (C=O) groups excluding carboxylic acids is 1. The molecule has 1 aromatic carbocycles. The first-order valence-electron chi connectivity index (χ1n) is 7.84. The van der Waals surface area contributed by atoms with Gasteiger partial charge in [-0.3, -0.25) is 4.79 Å². The number of nitrogens with zero attached hydrogens (tertiary/aromatic N) is 1. The molecule has 1 amide bonds. The van der Waals surface area contributed by atoms with Crippen molar-refractivity contribution in [3.8, 4) is 0 Å². The van der Waals surface area contributed by atoms with Gasteiger partial charge in [-0.25, -0.2) is 4.98 Å². The highest BCUT2D eigenvalue weighted by molar-refractivity contribution is 7.18. The maximum absolute atomic E-state index is 12.3. The second-order valence-electron chi connectivity index (χ2n) is 6.60. The number of benzene rings is 1. The number of carbonyl (C=O) groups is 1. The highest BCUT2D eigenvalue weighted by Crippen LogP contribution is 2.49. The summed E-state index contributed by atoms with van der Waals surface area (Å²) in [6, 6.07) is 5.99. The molecule has 1 aromatic heterocycles. The van der Waals surface area contributed by atoms with Crippen molar-refractivity contribution in [2.75, 3.05) is 5.32 Å². The molecule has 0 radical (unpaired) electrons. The van der Waals surface area contributed by atoms with E-state index in [1.807, 2.05) is 25.1 Å². The zero-order chi connectivity index (χ0) is 14.4. The number of thiazole rings is 1. The second-order valence-corrected chi connectivity index (χ2v) is 7.84. The molecule has 3 atom stereocenters. The normalized spacial score (nSPS) is 27.4. The van der Waals surface area contributed by atoms with Crippen LogP contribution in [0.2, 0.25) is 0 Å². The van der Waals surface area contributed by atoms with Gasteiger partial charge in [0, 0.05) is 12.1 Å². The van der Waals surface area contributed by atoms with E-state index in [0.29, 0.717) is 12.3 Å². The van der Waals surface area contributed by atoms with E-state index >= 15 is 0 Å².